The number of pyridine rings is 1. The zero-order valence-electron chi connectivity index (χ0n) is 12.5. The summed E-state index contributed by atoms with van der Waals surface area (Å²) in [7, 11) is 2.22. The fourth-order valence-electron chi connectivity index (χ4n) is 3.59. The molecule has 2 atom stereocenters. The number of halogens is 2. The number of hydrogen-bond donors (Lipinski definition) is 0. The van der Waals surface area contributed by atoms with Crippen LogP contribution in [-0.2, 0) is 0 Å². The predicted molar refractivity (Wildman–Crippen MR) is 93.1 cm³/mol. The minimum Gasteiger partial charge on any atom is -0.472 e. The van der Waals surface area contributed by atoms with Crippen molar-refractivity contribution >= 4 is 30.6 Å². The highest BCUT2D eigenvalue weighted by Gasteiger charge is 2.38. The molecule has 6 heteroatoms. The van der Waals surface area contributed by atoms with Crippen LogP contribution in [0.5, 0.6) is 0 Å². The molecule has 2 aromatic rings. The topological polar surface area (TPSA) is 32.5 Å². The van der Waals surface area contributed by atoms with Crippen molar-refractivity contribution in [2.45, 2.75) is 0 Å². The average Bonchev–Trinajstić information content (AvgIpc) is 3.13. The molecule has 0 bridgehead atoms. The molecule has 0 saturated carbocycles. The molecule has 0 spiro atoms. The number of likely N-dealkylation sites (tertiary alicyclic amines) is 1. The van der Waals surface area contributed by atoms with Crippen molar-refractivity contribution in [2.24, 2.45) is 11.8 Å². The molecule has 22 heavy (non-hydrogen) atoms. The van der Waals surface area contributed by atoms with Gasteiger partial charge in [0.05, 0.1) is 12.5 Å². The Kier molecular flexibility index (Phi) is 5.37. The van der Waals surface area contributed by atoms with Gasteiger partial charge in [-0.2, -0.15) is 0 Å². The first-order valence-electron chi connectivity index (χ1n) is 7.22. The van der Waals surface area contributed by atoms with E-state index in [9.17, 15) is 0 Å². The fraction of sp³-hybridized carbons (Fsp3) is 0.438. The maximum Gasteiger partial charge on any atom is 0.128 e. The van der Waals surface area contributed by atoms with Crippen molar-refractivity contribution in [3.05, 3.63) is 36.9 Å². The van der Waals surface area contributed by atoms with E-state index in [1.807, 2.05) is 12.3 Å². The van der Waals surface area contributed by atoms with E-state index < -0.39 is 0 Å². The summed E-state index contributed by atoms with van der Waals surface area (Å²) >= 11 is 0. The summed E-state index contributed by atoms with van der Waals surface area (Å²) in [6, 6.07) is 6.23. The summed E-state index contributed by atoms with van der Waals surface area (Å²) < 4.78 is 5.12. The van der Waals surface area contributed by atoms with Crippen molar-refractivity contribution in [2.75, 3.05) is 38.1 Å². The van der Waals surface area contributed by atoms with Crippen molar-refractivity contribution in [3.8, 4) is 11.1 Å². The lowest BCUT2D eigenvalue weighted by atomic mass is 10.0. The van der Waals surface area contributed by atoms with Gasteiger partial charge in [0.15, 0.2) is 0 Å². The molecule has 0 N–H and O–H groups in total. The standard InChI is InChI=1S/C16H19N3O.2ClH/c1-18-7-14-9-19(10-15(14)8-18)16-3-2-12(6-17-16)13-4-5-20-11-13;;/h2-6,11,14-15H,7-10H2,1H3;2*1H. The Balaban J connectivity index is 0.000000882. The van der Waals surface area contributed by atoms with Crippen LogP contribution in [0.4, 0.5) is 5.82 Å². The van der Waals surface area contributed by atoms with E-state index in [4.69, 9.17) is 4.42 Å². The molecule has 4 rings (SSSR count). The third-order valence-electron chi connectivity index (χ3n) is 4.60. The van der Waals surface area contributed by atoms with E-state index in [2.05, 4.69) is 34.0 Å². The largest absolute Gasteiger partial charge is 0.472 e. The SMILES string of the molecule is CN1CC2CN(c3ccc(-c4ccoc4)cn3)CC2C1.Cl.Cl. The first-order valence-corrected chi connectivity index (χ1v) is 7.22. The monoisotopic (exact) mass is 341 g/mol. The van der Waals surface area contributed by atoms with E-state index >= 15 is 0 Å². The first-order chi connectivity index (χ1) is 9.79. The lowest BCUT2D eigenvalue weighted by molar-refractivity contribution is 0.387. The summed E-state index contributed by atoms with van der Waals surface area (Å²) in [4.78, 5) is 9.51. The van der Waals surface area contributed by atoms with Gasteiger partial charge in [0.25, 0.3) is 0 Å². The molecule has 0 radical (unpaired) electrons. The summed E-state index contributed by atoms with van der Waals surface area (Å²) in [5.41, 5.74) is 2.20. The van der Waals surface area contributed by atoms with Crippen LogP contribution in [-0.4, -0.2) is 43.1 Å². The molecule has 4 nitrogen and oxygen atoms in total. The number of hydrogen-bond acceptors (Lipinski definition) is 4. The molecule has 2 aromatic heterocycles. The van der Waals surface area contributed by atoms with Crippen molar-refractivity contribution in [1.82, 2.24) is 9.88 Å². The van der Waals surface area contributed by atoms with Crippen LogP contribution in [0.2, 0.25) is 0 Å². The molecular formula is C16H21Cl2N3O. The van der Waals surface area contributed by atoms with E-state index in [0.29, 0.717) is 0 Å². The van der Waals surface area contributed by atoms with Gasteiger partial charge in [0.2, 0.25) is 0 Å². The van der Waals surface area contributed by atoms with E-state index in [1.165, 1.54) is 13.1 Å². The molecule has 2 unspecified atom stereocenters. The number of fused-ring (bicyclic) bond motifs is 1. The average molecular weight is 342 g/mol. The van der Waals surface area contributed by atoms with Crippen molar-refractivity contribution in [1.29, 1.82) is 0 Å². The molecular weight excluding hydrogens is 321 g/mol. The Morgan fingerprint density at radius 3 is 2.27 bits per heavy atom. The number of rotatable bonds is 2. The molecule has 0 amide bonds. The minimum absolute atomic E-state index is 0. The molecule has 2 saturated heterocycles. The third kappa shape index (κ3) is 3.09. The molecule has 2 fully saturated rings. The summed E-state index contributed by atoms with van der Waals surface area (Å²) in [5, 5.41) is 0. The fourth-order valence-corrected chi connectivity index (χ4v) is 3.59. The molecule has 120 valence electrons. The first kappa shape index (κ1) is 17.1. The van der Waals surface area contributed by atoms with Crippen LogP contribution in [0.15, 0.2) is 41.3 Å². The van der Waals surface area contributed by atoms with Gasteiger partial charge >= 0.3 is 0 Å². The van der Waals surface area contributed by atoms with Crippen molar-refractivity contribution < 1.29 is 4.42 Å². The highest BCUT2D eigenvalue weighted by molar-refractivity contribution is 5.85. The molecule has 4 heterocycles. The second-order valence-electron chi connectivity index (χ2n) is 6.06. The third-order valence-corrected chi connectivity index (χ3v) is 4.60. The number of aromatic nitrogens is 1. The highest BCUT2D eigenvalue weighted by Crippen LogP contribution is 2.33. The van der Waals surface area contributed by atoms with Crippen LogP contribution in [0.1, 0.15) is 0 Å². The zero-order valence-corrected chi connectivity index (χ0v) is 14.1. The Labute approximate surface area is 143 Å². The van der Waals surface area contributed by atoms with Gasteiger partial charge in [-0.3, -0.25) is 0 Å². The predicted octanol–water partition coefficient (Wildman–Crippen LogP) is 3.18. The van der Waals surface area contributed by atoms with Gasteiger partial charge < -0.3 is 14.2 Å². The minimum atomic E-state index is 0. The summed E-state index contributed by atoms with van der Waals surface area (Å²) in [6.45, 7) is 4.75. The lowest BCUT2D eigenvalue weighted by Crippen LogP contribution is -2.27. The van der Waals surface area contributed by atoms with Gasteiger partial charge in [-0.15, -0.1) is 24.8 Å². The van der Waals surface area contributed by atoms with E-state index in [-0.39, 0.29) is 24.8 Å². The van der Waals surface area contributed by atoms with Gasteiger partial charge in [-0.05, 0) is 37.1 Å². The maximum absolute atomic E-state index is 5.12. The van der Waals surface area contributed by atoms with Crippen molar-refractivity contribution in [3.63, 3.8) is 0 Å². The highest BCUT2D eigenvalue weighted by atomic mass is 35.5. The number of nitrogens with zero attached hydrogens (tertiary/aromatic N) is 3. The van der Waals surface area contributed by atoms with Gasteiger partial charge in [0.1, 0.15) is 5.82 Å². The second kappa shape index (κ2) is 6.90. The normalized spacial score (nSPS) is 23.8. The van der Waals surface area contributed by atoms with Gasteiger partial charge in [-0.1, -0.05) is 0 Å². The summed E-state index contributed by atoms with van der Waals surface area (Å²) in [6.07, 6.45) is 5.40. The van der Waals surface area contributed by atoms with Crippen LogP contribution < -0.4 is 4.90 Å². The zero-order chi connectivity index (χ0) is 13.5. The Bertz CT molecular complexity index is 574. The number of anilines is 1. The smallest absolute Gasteiger partial charge is 0.128 e. The number of furan rings is 1. The Hall–Kier alpha value is -1.23. The van der Waals surface area contributed by atoms with Crippen LogP contribution in [0.25, 0.3) is 11.1 Å². The van der Waals surface area contributed by atoms with Gasteiger partial charge in [-0.25, -0.2) is 4.98 Å². The van der Waals surface area contributed by atoms with Crippen LogP contribution in [0, 0.1) is 11.8 Å². The van der Waals surface area contributed by atoms with Gasteiger partial charge in [0, 0.05) is 43.5 Å². The van der Waals surface area contributed by atoms with Crippen LogP contribution in [0.3, 0.4) is 0 Å². The molecule has 0 aliphatic carbocycles. The lowest BCUT2D eigenvalue weighted by Gasteiger charge is -2.20. The van der Waals surface area contributed by atoms with E-state index in [1.54, 1.807) is 12.5 Å². The molecule has 2 aliphatic rings. The molecule has 0 aromatic carbocycles. The summed E-state index contributed by atoms with van der Waals surface area (Å²) in [5.74, 6) is 2.74. The maximum atomic E-state index is 5.12. The Morgan fingerprint density at radius 1 is 1.00 bits per heavy atom. The second-order valence-corrected chi connectivity index (χ2v) is 6.06. The van der Waals surface area contributed by atoms with Crippen LogP contribution >= 0.6 is 24.8 Å². The quantitative estimate of drug-likeness (QED) is 0.839. The Morgan fingerprint density at radius 2 is 1.73 bits per heavy atom. The van der Waals surface area contributed by atoms with E-state index in [0.717, 1.165) is 41.9 Å². The molecule has 2 aliphatic heterocycles.